The van der Waals surface area contributed by atoms with Crippen molar-refractivity contribution in [3.63, 3.8) is 0 Å². The lowest BCUT2D eigenvalue weighted by Crippen LogP contribution is -2.13. The van der Waals surface area contributed by atoms with Crippen LogP contribution in [0.3, 0.4) is 0 Å². The molecule has 0 bridgehead atoms. The second-order valence-electron chi connectivity index (χ2n) is 4.46. The second kappa shape index (κ2) is 6.29. The molecule has 0 saturated heterocycles. The van der Waals surface area contributed by atoms with Gasteiger partial charge in [-0.1, -0.05) is 48.3 Å². The summed E-state index contributed by atoms with van der Waals surface area (Å²) in [5.41, 5.74) is 7.18. The number of rotatable bonds is 5. The van der Waals surface area contributed by atoms with Gasteiger partial charge in [0.25, 0.3) is 0 Å². The molecule has 0 heterocycles. The Kier molecular flexibility index (Phi) is 5.34. The molecule has 1 aromatic rings. The zero-order valence-corrected chi connectivity index (χ0v) is 11.1. The van der Waals surface area contributed by atoms with E-state index < -0.39 is 0 Å². The minimum atomic E-state index is 0.505. The van der Waals surface area contributed by atoms with Crippen LogP contribution in [-0.2, 0) is 0 Å². The first-order valence-electron chi connectivity index (χ1n) is 5.59. The zero-order chi connectivity index (χ0) is 11.3. The summed E-state index contributed by atoms with van der Waals surface area (Å²) in [4.78, 5) is 0. The Hall–Kier alpha value is -0.340. The Morgan fingerprint density at radius 1 is 1.27 bits per heavy atom. The van der Waals surface area contributed by atoms with Crippen molar-refractivity contribution in [2.75, 3.05) is 6.54 Å². The molecule has 0 aromatic heterocycles. The maximum atomic E-state index is 5.83. The SMILES string of the molecule is CC(C)CCC(CN)c1cccc(Br)c1. The van der Waals surface area contributed by atoms with Crippen molar-refractivity contribution in [3.05, 3.63) is 34.3 Å². The van der Waals surface area contributed by atoms with E-state index in [-0.39, 0.29) is 0 Å². The lowest BCUT2D eigenvalue weighted by atomic mass is 9.91. The second-order valence-corrected chi connectivity index (χ2v) is 5.37. The van der Waals surface area contributed by atoms with Gasteiger partial charge in [-0.2, -0.15) is 0 Å². The number of nitrogens with two attached hydrogens (primary N) is 1. The molecule has 0 aliphatic carbocycles. The first-order chi connectivity index (χ1) is 7.13. The summed E-state index contributed by atoms with van der Waals surface area (Å²) in [5, 5.41) is 0. The van der Waals surface area contributed by atoms with E-state index in [4.69, 9.17) is 5.73 Å². The van der Waals surface area contributed by atoms with Crippen LogP contribution in [0.25, 0.3) is 0 Å². The van der Waals surface area contributed by atoms with Gasteiger partial charge in [0.15, 0.2) is 0 Å². The van der Waals surface area contributed by atoms with Crippen LogP contribution in [0.1, 0.15) is 38.2 Å². The fourth-order valence-corrected chi connectivity index (χ4v) is 2.13. The topological polar surface area (TPSA) is 26.0 Å². The van der Waals surface area contributed by atoms with Crippen molar-refractivity contribution in [2.24, 2.45) is 11.7 Å². The van der Waals surface area contributed by atoms with Crippen LogP contribution in [0.15, 0.2) is 28.7 Å². The molecule has 1 aromatic carbocycles. The third kappa shape index (κ3) is 4.35. The molecular weight excluding hydrogens is 250 g/mol. The van der Waals surface area contributed by atoms with Crippen LogP contribution in [0.5, 0.6) is 0 Å². The molecule has 1 nitrogen and oxygen atoms in total. The molecule has 0 radical (unpaired) electrons. The van der Waals surface area contributed by atoms with Crippen LogP contribution in [-0.4, -0.2) is 6.54 Å². The maximum absolute atomic E-state index is 5.83. The molecule has 1 unspecified atom stereocenters. The molecule has 84 valence electrons. The van der Waals surface area contributed by atoms with Crippen molar-refractivity contribution in [1.82, 2.24) is 0 Å². The summed E-state index contributed by atoms with van der Waals surface area (Å²) in [6.07, 6.45) is 2.43. The highest BCUT2D eigenvalue weighted by atomic mass is 79.9. The molecule has 2 N–H and O–H groups in total. The van der Waals surface area contributed by atoms with Gasteiger partial charge in [0, 0.05) is 4.47 Å². The normalized spacial score (nSPS) is 13.1. The number of halogens is 1. The van der Waals surface area contributed by atoms with Gasteiger partial charge in [0.1, 0.15) is 0 Å². The first-order valence-corrected chi connectivity index (χ1v) is 6.38. The van der Waals surface area contributed by atoms with E-state index in [0.717, 1.165) is 16.9 Å². The van der Waals surface area contributed by atoms with Crippen molar-refractivity contribution in [3.8, 4) is 0 Å². The highest BCUT2D eigenvalue weighted by Gasteiger charge is 2.10. The minimum Gasteiger partial charge on any atom is -0.330 e. The van der Waals surface area contributed by atoms with E-state index in [9.17, 15) is 0 Å². The molecule has 0 spiro atoms. The van der Waals surface area contributed by atoms with Crippen molar-refractivity contribution in [2.45, 2.75) is 32.6 Å². The van der Waals surface area contributed by atoms with Gasteiger partial charge in [-0.3, -0.25) is 0 Å². The van der Waals surface area contributed by atoms with Crippen LogP contribution >= 0.6 is 15.9 Å². The molecule has 0 fully saturated rings. The third-order valence-electron chi connectivity index (χ3n) is 2.70. The van der Waals surface area contributed by atoms with Crippen LogP contribution < -0.4 is 5.73 Å². The predicted octanol–water partition coefficient (Wildman–Crippen LogP) is 3.93. The van der Waals surface area contributed by atoms with E-state index in [2.05, 4.69) is 54.0 Å². The molecule has 0 aliphatic rings. The van der Waals surface area contributed by atoms with E-state index >= 15 is 0 Å². The Morgan fingerprint density at radius 2 is 2.00 bits per heavy atom. The summed E-state index contributed by atoms with van der Waals surface area (Å²) >= 11 is 3.50. The lowest BCUT2D eigenvalue weighted by molar-refractivity contribution is 0.503. The van der Waals surface area contributed by atoms with E-state index in [1.165, 1.54) is 18.4 Å². The van der Waals surface area contributed by atoms with Crippen LogP contribution in [0.2, 0.25) is 0 Å². The highest BCUT2D eigenvalue weighted by Crippen LogP contribution is 2.24. The molecule has 1 rings (SSSR count). The standard InChI is InChI=1S/C13H20BrN/c1-10(2)6-7-12(9-15)11-4-3-5-13(14)8-11/h3-5,8,10,12H,6-7,9,15H2,1-2H3. The first kappa shape index (κ1) is 12.7. The summed E-state index contributed by atoms with van der Waals surface area (Å²) in [6.45, 7) is 5.26. The molecule has 0 saturated carbocycles. The molecule has 1 atom stereocenters. The Bertz CT molecular complexity index is 296. The van der Waals surface area contributed by atoms with Gasteiger partial charge in [0.05, 0.1) is 0 Å². The fraction of sp³-hybridized carbons (Fsp3) is 0.538. The summed E-state index contributed by atoms with van der Waals surface area (Å²) < 4.78 is 1.14. The molecule has 0 amide bonds. The van der Waals surface area contributed by atoms with Gasteiger partial charge in [-0.25, -0.2) is 0 Å². The summed E-state index contributed by atoms with van der Waals surface area (Å²) in [7, 11) is 0. The molecular formula is C13H20BrN. The maximum Gasteiger partial charge on any atom is 0.0178 e. The number of benzene rings is 1. The monoisotopic (exact) mass is 269 g/mol. The van der Waals surface area contributed by atoms with E-state index in [0.29, 0.717) is 5.92 Å². The van der Waals surface area contributed by atoms with Gasteiger partial charge in [0.2, 0.25) is 0 Å². The van der Waals surface area contributed by atoms with E-state index in [1.54, 1.807) is 0 Å². The van der Waals surface area contributed by atoms with Gasteiger partial charge in [-0.05, 0) is 42.5 Å². The highest BCUT2D eigenvalue weighted by molar-refractivity contribution is 9.10. The lowest BCUT2D eigenvalue weighted by Gasteiger charge is -2.16. The van der Waals surface area contributed by atoms with Gasteiger partial charge >= 0.3 is 0 Å². The fourth-order valence-electron chi connectivity index (χ4n) is 1.72. The smallest absolute Gasteiger partial charge is 0.0178 e. The summed E-state index contributed by atoms with van der Waals surface area (Å²) in [5.74, 6) is 1.26. The Morgan fingerprint density at radius 3 is 2.53 bits per heavy atom. The van der Waals surface area contributed by atoms with Crippen molar-refractivity contribution < 1.29 is 0 Å². The summed E-state index contributed by atoms with van der Waals surface area (Å²) in [6, 6.07) is 8.48. The largest absolute Gasteiger partial charge is 0.330 e. The van der Waals surface area contributed by atoms with Crippen LogP contribution in [0, 0.1) is 5.92 Å². The molecule has 0 aliphatic heterocycles. The van der Waals surface area contributed by atoms with E-state index in [1.807, 2.05) is 0 Å². The number of hydrogen-bond acceptors (Lipinski definition) is 1. The zero-order valence-electron chi connectivity index (χ0n) is 9.54. The van der Waals surface area contributed by atoms with Crippen LogP contribution in [0.4, 0.5) is 0 Å². The van der Waals surface area contributed by atoms with Gasteiger partial charge < -0.3 is 5.73 Å². The Labute approximate surface area is 101 Å². The van der Waals surface area contributed by atoms with Crippen molar-refractivity contribution >= 4 is 15.9 Å². The average Bonchev–Trinajstić information content (AvgIpc) is 2.18. The Balaban J connectivity index is 2.65. The minimum absolute atomic E-state index is 0.505. The number of hydrogen-bond donors (Lipinski definition) is 1. The molecule has 15 heavy (non-hydrogen) atoms. The third-order valence-corrected chi connectivity index (χ3v) is 3.19. The van der Waals surface area contributed by atoms with Crippen molar-refractivity contribution in [1.29, 1.82) is 0 Å². The van der Waals surface area contributed by atoms with Gasteiger partial charge in [-0.15, -0.1) is 0 Å². The quantitative estimate of drug-likeness (QED) is 0.862. The molecule has 2 heteroatoms. The average molecular weight is 270 g/mol. The predicted molar refractivity (Wildman–Crippen MR) is 70.0 cm³/mol.